The van der Waals surface area contributed by atoms with Crippen LogP contribution in [0.4, 0.5) is 18.9 Å². The Bertz CT molecular complexity index is 1030. The van der Waals surface area contributed by atoms with Crippen LogP contribution in [0, 0.1) is 0 Å². The lowest BCUT2D eigenvalue weighted by molar-refractivity contribution is -0.274. The summed E-state index contributed by atoms with van der Waals surface area (Å²) in [6.45, 7) is 0. The van der Waals surface area contributed by atoms with E-state index in [4.69, 9.17) is 0 Å². The Morgan fingerprint density at radius 3 is 2.59 bits per heavy atom. The van der Waals surface area contributed by atoms with Gasteiger partial charge in [-0.25, -0.2) is 10.9 Å². The highest BCUT2D eigenvalue weighted by molar-refractivity contribution is 5.95. The first-order valence-electron chi connectivity index (χ1n) is 9.04. The Balaban J connectivity index is 1.44. The molecule has 2 unspecified atom stereocenters. The summed E-state index contributed by atoms with van der Waals surface area (Å²) >= 11 is 0. The summed E-state index contributed by atoms with van der Waals surface area (Å²) in [4.78, 5) is 12.6. The SMILES string of the molecule is O=C(Nc1cccc(OC(F)(F)F)c1)C1CC(c2cccc3ccccc23)NN1. The molecule has 1 saturated heterocycles. The molecule has 1 fully saturated rings. The molecule has 0 aromatic heterocycles. The normalized spacial score (nSPS) is 19.3. The number of carbonyl (C=O) groups excluding carboxylic acids is 1. The Hall–Kier alpha value is -3.10. The number of hydrogen-bond acceptors (Lipinski definition) is 4. The number of amides is 1. The monoisotopic (exact) mass is 401 g/mol. The molecule has 3 aromatic rings. The lowest BCUT2D eigenvalue weighted by Crippen LogP contribution is -2.39. The second-order valence-corrected chi connectivity index (χ2v) is 6.76. The molecule has 0 aliphatic carbocycles. The van der Waals surface area contributed by atoms with Crippen molar-refractivity contribution in [1.29, 1.82) is 0 Å². The molecule has 1 aliphatic heterocycles. The first-order valence-corrected chi connectivity index (χ1v) is 9.04. The largest absolute Gasteiger partial charge is 0.573 e. The molecule has 5 nitrogen and oxygen atoms in total. The lowest BCUT2D eigenvalue weighted by Gasteiger charge is -2.14. The maximum Gasteiger partial charge on any atom is 0.573 e. The maximum absolute atomic E-state index is 12.6. The smallest absolute Gasteiger partial charge is 0.406 e. The lowest BCUT2D eigenvalue weighted by atomic mass is 9.96. The van der Waals surface area contributed by atoms with E-state index < -0.39 is 12.4 Å². The average molecular weight is 401 g/mol. The third kappa shape index (κ3) is 4.49. The van der Waals surface area contributed by atoms with E-state index >= 15 is 0 Å². The zero-order valence-corrected chi connectivity index (χ0v) is 15.2. The first kappa shape index (κ1) is 19.2. The third-order valence-corrected chi connectivity index (χ3v) is 4.75. The third-order valence-electron chi connectivity index (χ3n) is 4.75. The summed E-state index contributed by atoms with van der Waals surface area (Å²) in [6, 6.07) is 18.6. The number of halogens is 3. The van der Waals surface area contributed by atoms with E-state index in [9.17, 15) is 18.0 Å². The molecule has 29 heavy (non-hydrogen) atoms. The maximum atomic E-state index is 12.6. The van der Waals surface area contributed by atoms with Crippen LogP contribution in [0.1, 0.15) is 18.0 Å². The molecule has 4 rings (SSSR count). The van der Waals surface area contributed by atoms with Crippen LogP contribution < -0.4 is 20.9 Å². The molecule has 0 bridgehead atoms. The van der Waals surface area contributed by atoms with Crippen LogP contribution >= 0.6 is 0 Å². The van der Waals surface area contributed by atoms with Crippen molar-refractivity contribution in [3.8, 4) is 5.75 Å². The number of ether oxygens (including phenoxy) is 1. The van der Waals surface area contributed by atoms with Gasteiger partial charge >= 0.3 is 6.36 Å². The summed E-state index contributed by atoms with van der Waals surface area (Å²) in [5, 5.41) is 4.85. The number of carbonyl (C=O) groups is 1. The van der Waals surface area contributed by atoms with E-state index in [1.54, 1.807) is 0 Å². The fourth-order valence-corrected chi connectivity index (χ4v) is 3.49. The van der Waals surface area contributed by atoms with E-state index in [1.165, 1.54) is 18.2 Å². The van der Waals surface area contributed by atoms with Crippen LogP contribution in [0.3, 0.4) is 0 Å². The Morgan fingerprint density at radius 2 is 1.76 bits per heavy atom. The number of alkyl halides is 3. The highest BCUT2D eigenvalue weighted by atomic mass is 19.4. The second-order valence-electron chi connectivity index (χ2n) is 6.76. The molecule has 1 amide bonds. The van der Waals surface area contributed by atoms with Crippen molar-refractivity contribution < 1.29 is 22.7 Å². The summed E-state index contributed by atoms with van der Waals surface area (Å²) in [6.07, 6.45) is -4.29. The van der Waals surface area contributed by atoms with E-state index in [2.05, 4.69) is 20.9 Å². The highest BCUT2D eigenvalue weighted by Gasteiger charge is 2.32. The number of hydrogen-bond donors (Lipinski definition) is 3. The van der Waals surface area contributed by atoms with Crippen molar-refractivity contribution in [2.24, 2.45) is 0 Å². The van der Waals surface area contributed by atoms with Crippen LogP contribution in [-0.4, -0.2) is 18.3 Å². The van der Waals surface area contributed by atoms with Crippen molar-refractivity contribution in [1.82, 2.24) is 10.9 Å². The molecular formula is C21H18F3N3O2. The minimum absolute atomic E-state index is 0.0725. The van der Waals surface area contributed by atoms with Gasteiger partial charge in [0.05, 0.1) is 0 Å². The van der Waals surface area contributed by atoms with Crippen LogP contribution in [0.2, 0.25) is 0 Å². The Morgan fingerprint density at radius 1 is 1.00 bits per heavy atom. The molecule has 1 aliphatic rings. The van der Waals surface area contributed by atoms with Gasteiger partial charge < -0.3 is 10.1 Å². The molecule has 1 heterocycles. The van der Waals surface area contributed by atoms with Gasteiger partial charge in [-0.3, -0.25) is 4.79 Å². The average Bonchev–Trinajstić information content (AvgIpc) is 3.16. The van der Waals surface area contributed by atoms with Crippen LogP contribution in [0.15, 0.2) is 66.7 Å². The molecule has 0 radical (unpaired) electrons. The van der Waals surface area contributed by atoms with Crippen LogP contribution in [0.5, 0.6) is 5.75 Å². The van der Waals surface area contributed by atoms with Gasteiger partial charge in [0.2, 0.25) is 5.91 Å². The predicted molar refractivity (Wildman–Crippen MR) is 103 cm³/mol. The summed E-state index contributed by atoms with van der Waals surface area (Å²) < 4.78 is 41.0. The first-order chi connectivity index (χ1) is 13.9. The number of fused-ring (bicyclic) bond motifs is 1. The highest BCUT2D eigenvalue weighted by Crippen LogP contribution is 2.30. The molecule has 150 valence electrons. The van der Waals surface area contributed by atoms with Gasteiger partial charge in [-0.2, -0.15) is 0 Å². The predicted octanol–water partition coefficient (Wildman–Crippen LogP) is 4.28. The van der Waals surface area contributed by atoms with Gasteiger partial charge in [0.1, 0.15) is 11.8 Å². The minimum Gasteiger partial charge on any atom is -0.406 e. The van der Waals surface area contributed by atoms with Crippen molar-refractivity contribution >= 4 is 22.4 Å². The van der Waals surface area contributed by atoms with Gasteiger partial charge in [0, 0.05) is 17.8 Å². The van der Waals surface area contributed by atoms with Crippen molar-refractivity contribution in [3.63, 3.8) is 0 Å². The van der Waals surface area contributed by atoms with E-state index in [0.717, 1.165) is 22.4 Å². The number of anilines is 1. The molecule has 3 N–H and O–H groups in total. The molecule has 3 aromatic carbocycles. The zero-order chi connectivity index (χ0) is 20.4. The summed E-state index contributed by atoms with van der Waals surface area (Å²) in [5.74, 6) is -0.731. The van der Waals surface area contributed by atoms with Gasteiger partial charge in [-0.15, -0.1) is 13.2 Å². The van der Waals surface area contributed by atoms with Crippen molar-refractivity contribution in [2.45, 2.75) is 24.9 Å². The molecular weight excluding hydrogens is 383 g/mol. The summed E-state index contributed by atoms with van der Waals surface area (Å²) in [7, 11) is 0. The van der Waals surface area contributed by atoms with E-state index in [1.807, 2.05) is 42.5 Å². The molecule has 2 atom stereocenters. The Labute approximate surface area is 164 Å². The van der Waals surface area contributed by atoms with E-state index in [0.29, 0.717) is 6.42 Å². The number of benzene rings is 3. The fourth-order valence-electron chi connectivity index (χ4n) is 3.49. The van der Waals surface area contributed by atoms with Gasteiger partial charge in [-0.05, 0) is 34.9 Å². The zero-order valence-electron chi connectivity index (χ0n) is 15.2. The summed E-state index contributed by atoms with van der Waals surface area (Å²) in [5.41, 5.74) is 7.41. The quantitative estimate of drug-likeness (QED) is 0.611. The second kappa shape index (κ2) is 7.73. The molecule has 0 spiro atoms. The number of rotatable bonds is 4. The van der Waals surface area contributed by atoms with Crippen LogP contribution in [-0.2, 0) is 4.79 Å². The minimum atomic E-state index is -4.79. The molecule has 8 heteroatoms. The standard InChI is InChI=1S/C21H18F3N3O2/c22-21(23,24)29-15-8-4-7-14(11-15)25-20(28)19-12-18(26-27-19)17-10-3-6-13-5-1-2-9-16(13)17/h1-11,18-19,26-27H,12H2,(H,25,28). The van der Waals surface area contributed by atoms with Crippen molar-refractivity contribution in [2.75, 3.05) is 5.32 Å². The number of nitrogens with one attached hydrogen (secondary N) is 3. The van der Waals surface area contributed by atoms with E-state index in [-0.39, 0.29) is 23.4 Å². The Kier molecular flexibility index (Phi) is 5.12. The van der Waals surface area contributed by atoms with Crippen molar-refractivity contribution in [3.05, 3.63) is 72.3 Å². The molecule has 0 saturated carbocycles. The fraction of sp³-hybridized carbons (Fsp3) is 0.190. The van der Waals surface area contributed by atoms with Gasteiger partial charge in [-0.1, -0.05) is 48.5 Å². The topological polar surface area (TPSA) is 62.4 Å². The van der Waals surface area contributed by atoms with Gasteiger partial charge in [0.25, 0.3) is 0 Å². The van der Waals surface area contributed by atoms with Gasteiger partial charge in [0.15, 0.2) is 0 Å². The number of hydrazine groups is 1. The van der Waals surface area contributed by atoms with Crippen LogP contribution in [0.25, 0.3) is 10.8 Å².